The van der Waals surface area contributed by atoms with E-state index in [2.05, 4.69) is 20.3 Å². The lowest BCUT2D eigenvalue weighted by Gasteiger charge is -2.09. The number of benzene rings is 2. The number of pyridine rings is 1. The summed E-state index contributed by atoms with van der Waals surface area (Å²) in [6, 6.07) is 16.6. The second-order valence-electron chi connectivity index (χ2n) is 7.65. The summed E-state index contributed by atoms with van der Waals surface area (Å²) >= 11 is 6.05. The first kappa shape index (κ1) is 22.4. The van der Waals surface area contributed by atoms with E-state index in [1.165, 1.54) is 6.07 Å². The van der Waals surface area contributed by atoms with E-state index in [9.17, 15) is 9.59 Å². The van der Waals surface area contributed by atoms with Crippen LogP contribution in [0.5, 0.6) is 11.5 Å². The van der Waals surface area contributed by atoms with Gasteiger partial charge in [-0.25, -0.2) is 0 Å². The van der Waals surface area contributed by atoms with E-state index in [4.69, 9.17) is 16.3 Å². The van der Waals surface area contributed by atoms with E-state index in [1.807, 2.05) is 49.4 Å². The Hall–Kier alpha value is -3.84. The largest absolute Gasteiger partial charge is 0.457 e. The summed E-state index contributed by atoms with van der Waals surface area (Å²) in [6.07, 6.45) is 4.28. The van der Waals surface area contributed by atoms with Gasteiger partial charge in [0.05, 0.1) is 0 Å². The number of aromatic amines is 2. The van der Waals surface area contributed by atoms with Crippen LogP contribution in [-0.2, 0) is 12.8 Å². The third-order valence-corrected chi connectivity index (χ3v) is 5.52. The molecule has 8 heteroatoms. The van der Waals surface area contributed by atoms with Crippen LogP contribution in [0.15, 0.2) is 76.6 Å². The van der Waals surface area contributed by atoms with E-state index in [0.717, 1.165) is 34.6 Å². The smallest absolute Gasteiger partial charge is 0.277 e. The van der Waals surface area contributed by atoms with Crippen molar-refractivity contribution in [2.75, 3.05) is 11.9 Å². The Labute approximate surface area is 195 Å². The van der Waals surface area contributed by atoms with Crippen molar-refractivity contribution < 1.29 is 4.74 Å². The molecule has 0 aliphatic carbocycles. The van der Waals surface area contributed by atoms with Crippen molar-refractivity contribution in [3.8, 4) is 11.5 Å². The summed E-state index contributed by atoms with van der Waals surface area (Å²) in [4.78, 5) is 33.3. The number of anilines is 1. The van der Waals surface area contributed by atoms with E-state index >= 15 is 0 Å². The van der Waals surface area contributed by atoms with Crippen LogP contribution < -0.4 is 21.2 Å². The Balaban J connectivity index is 1.30. The molecule has 0 amide bonds. The van der Waals surface area contributed by atoms with E-state index < -0.39 is 0 Å². The summed E-state index contributed by atoms with van der Waals surface area (Å²) in [5.41, 5.74) is 2.82. The summed E-state index contributed by atoms with van der Waals surface area (Å²) in [5, 5.41) is 3.85. The fraction of sp³-hybridized carbons (Fsp3) is 0.160. The Kier molecular flexibility index (Phi) is 6.90. The van der Waals surface area contributed by atoms with E-state index in [1.54, 1.807) is 18.5 Å². The first-order valence-corrected chi connectivity index (χ1v) is 10.9. The molecule has 0 fully saturated rings. The number of H-pyrrole nitrogens is 2. The highest BCUT2D eigenvalue weighted by Crippen LogP contribution is 2.26. The van der Waals surface area contributed by atoms with Gasteiger partial charge in [0.2, 0.25) is 11.5 Å². The van der Waals surface area contributed by atoms with Crippen molar-refractivity contribution in [1.82, 2.24) is 15.0 Å². The van der Waals surface area contributed by atoms with Gasteiger partial charge in [-0.2, -0.15) is 4.98 Å². The molecule has 2 aromatic heterocycles. The van der Waals surface area contributed by atoms with Crippen LogP contribution in [0.25, 0.3) is 0 Å². The molecule has 0 atom stereocenters. The molecule has 3 N–H and O–H groups in total. The molecule has 0 aliphatic rings. The number of nitrogens with zero attached hydrogens (tertiary/aromatic N) is 1. The van der Waals surface area contributed by atoms with Crippen molar-refractivity contribution in [3.63, 3.8) is 0 Å². The molecular weight excluding hydrogens is 440 g/mol. The molecule has 0 saturated carbocycles. The fourth-order valence-electron chi connectivity index (χ4n) is 3.33. The number of aryl methyl sites for hydroxylation is 1. The molecule has 0 bridgehead atoms. The number of halogens is 1. The third kappa shape index (κ3) is 6.11. The van der Waals surface area contributed by atoms with Crippen LogP contribution in [0, 0.1) is 6.92 Å². The third-order valence-electron chi connectivity index (χ3n) is 5.10. The Morgan fingerprint density at radius 3 is 2.48 bits per heavy atom. The molecule has 0 saturated heterocycles. The number of rotatable bonds is 8. The second kappa shape index (κ2) is 10.2. The minimum Gasteiger partial charge on any atom is -0.457 e. The van der Waals surface area contributed by atoms with Gasteiger partial charge >= 0.3 is 0 Å². The minimum atomic E-state index is -0.324. The molecular formula is C25H23ClN4O3. The van der Waals surface area contributed by atoms with Crippen molar-refractivity contribution in [2.45, 2.75) is 19.8 Å². The fourth-order valence-corrected chi connectivity index (χ4v) is 3.44. The standard InChI is InChI=1S/C25H23ClN4O3/c1-16-12-21(6-7-22(16)26)33-20-4-2-17(3-5-20)8-11-28-25-29-15-19(24(32)30-25)13-18-9-10-27-23(31)14-18/h2-7,9-10,12,14-15H,8,11,13H2,1H3,(H,27,31)(H2,28,29,30,32). The topological polar surface area (TPSA) is 99.9 Å². The summed E-state index contributed by atoms with van der Waals surface area (Å²) in [5.74, 6) is 1.90. The van der Waals surface area contributed by atoms with Crippen molar-refractivity contribution in [2.24, 2.45) is 0 Å². The van der Waals surface area contributed by atoms with Crippen LogP contribution in [-0.4, -0.2) is 21.5 Å². The highest BCUT2D eigenvalue weighted by molar-refractivity contribution is 6.31. The summed E-state index contributed by atoms with van der Waals surface area (Å²) < 4.78 is 5.87. The van der Waals surface area contributed by atoms with Crippen LogP contribution in [0.3, 0.4) is 0 Å². The van der Waals surface area contributed by atoms with Gasteiger partial charge in [0.1, 0.15) is 11.5 Å². The summed E-state index contributed by atoms with van der Waals surface area (Å²) in [7, 11) is 0. The lowest BCUT2D eigenvalue weighted by molar-refractivity contribution is 0.482. The molecule has 0 spiro atoms. The average molecular weight is 463 g/mol. The first-order valence-electron chi connectivity index (χ1n) is 10.5. The average Bonchev–Trinajstić information content (AvgIpc) is 2.79. The zero-order valence-electron chi connectivity index (χ0n) is 18.0. The SMILES string of the molecule is Cc1cc(Oc2ccc(CCNc3nc(=O)c(Cc4cc[nH]c(=O)c4)c[nH]3)cc2)ccc1Cl. The first-order chi connectivity index (χ1) is 16.0. The van der Waals surface area contributed by atoms with Gasteiger partial charge in [-0.1, -0.05) is 23.7 Å². The Morgan fingerprint density at radius 1 is 0.970 bits per heavy atom. The van der Waals surface area contributed by atoms with Gasteiger partial charge in [-0.15, -0.1) is 0 Å². The van der Waals surface area contributed by atoms with Crippen molar-refractivity contribution >= 4 is 17.5 Å². The highest BCUT2D eigenvalue weighted by atomic mass is 35.5. The zero-order valence-corrected chi connectivity index (χ0v) is 18.8. The lowest BCUT2D eigenvalue weighted by Crippen LogP contribution is -2.18. The van der Waals surface area contributed by atoms with Gasteiger partial charge in [-0.05, 0) is 66.4 Å². The molecule has 0 unspecified atom stereocenters. The van der Waals surface area contributed by atoms with Gasteiger partial charge in [-0.3, -0.25) is 9.59 Å². The number of aromatic nitrogens is 3. The maximum absolute atomic E-state index is 12.3. The number of hydrogen-bond donors (Lipinski definition) is 3. The molecule has 2 aromatic carbocycles. The summed E-state index contributed by atoms with van der Waals surface area (Å²) in [6.45, 7) is 2.54. The van der Waals surface area contributed by atoms with Crippen LogP contribution >= 0.6 is 11.6 Å². The maximum atomic E-state index is 12.3. The number of nitrogens with one attached hydrogen (secondary N) is 3. The second-order valence-corrected chi connectivity index (χ2v) is 8.06. The lowest BCUT2D eigenvalue weighted by atomic mass is 10.1. The monoisotopic (exact) mass is 462 g/mol. The van der Waals surface area contributed by atoms with Gasteiger partial charge in [0.15, 0.2) is 0 Å². The number of ether oxygens (including phenoxy) is 1. The molecule has 33 heavy (non-hydrogen) atoms. The Morgan fingerprint density at radius 2 is 1.76 bits per heavy atom. The highest BCUT2D eigenvalue weighted by Gasteiger charge is 2.06. The maximum Gasteiger partial charge on any atom is 0.277 e. The van der Waals surface area contributed by atoms with Gasteiger partial charge in [0, 0.05) is 42.0 Å². The van der Waals surface area contributed by atoms with E-state index in [-0.39, 0.29) is 11.1 Å². The van der Waals surface area contributed by atoms with Gasteiger partial charge < -0.3 is 20.0 Å². The molecule has 0 radical (unpaired) electrons. The molecule has 4 rings (SSSR count). The molecule has 4 aromatic rings. The van der Waals surface area contributed by atoms with Crippen LogP contribution in [0.4, 0.5) is 5.95 Å². The van der Waals surface area contributed by atoms with Gasteiger partial charge in [0.25, 0.3) is 5.56 Å². The van der Waals surface area contributed by atoms with Crippen molar-refractivity contribution in [3.05, 3.63) is 115 Å². The zero-order chi connectivity index (χ0) is 23.2. The quantitative estimate of drug-likeness (QED) is 0.359. The predicted octanol–water partition coefficient (Wildman–Crippen LogP) is 4.46. The normalized spacial score (nSPS) is 10.7. The van der Waals surface area contributed by atoms with Crippen molar-refractivity contribution in [1.29, 1.82) is 0 Å². The molecule has 168 valence electrons. The van der Waals surface area contributed by atoms with E-state index in [0.29, 0.717) is 29.5 Å². The molecule has 2 heterocycles. The number of hydrogen-bond acceptors (Lipinski definition) is 5. The van der Waals surface area contributed by atoms with Crippen LogP contribution in [0.1, 0.15) is 22.3 Å². The minimum absolute atomic E-state index is 0.199. The molecule has 7 nitrogen and oxygen atoms in total. The van der Waals surface area contributed by atoms with Crippen LogP contribution in [0.2, 0.25) is 5.02 Å². The predicted molar refractivity (Wildman–Crippen MR) is 130 cm³/mol. The Bertz CT molecular complexity index is 1360. The molecule has 0 aliphatic heterocycles.